The maximum absolute atomic E-state index is 13.2. The number of nitrogens with one attached hydrogen (secondary N) is 1. The van der Waals surface area contributed by atoms with E-state index in [1.165, 1.54) is 16.8 Å². The van der Waals surface area contributed by atoms with Crippen LogP contribution < -0.4 is 5.32 Å². The standard InChI is InChI=1S/C24H20N4O3/c1-17(18-8-4-2-5-9-18)25-24(29)23-16-22(19-10-6-3-7-11-19)26-27(23)20-12-14-21(15-13-20)28(30)31/h2-17H,1H3,(H,25,29)/t17-/m0/s1. The fourth-order valence-corrected chi connectivity index (χ4v) is 3.30. The van der Waals surface area contributed by atoms with E-state index in [1.54, 1.807) is 18.2 Å². The van der Waals surface area contributed by atoms with Gasteiger partial charge in [0.2, 0.25) is 0 Å². The molecule has 0 aliphatic heterocycles. The van der Waals surface area contributed by atoms with Crippen molar-refractivity contribution in [3.63, 3.8) is 0 Å². The summed E-state index contributed by atoms with van der Waals surface area (Å²) in [4.78, 5) is 23.7. The zero-order valence-corrected chi connectivity index (χ0v) is 16.8. The Bertz CT molecular complexity index is 1200. The predicted molar refractivity (Wildman–Crippen MR) is 118 cm³/mol. The second kappa shape index (κ2) is 8.62. The Hall–Kier alpha value is -4.26. The number of rotatable bonds is 6. The number of hydrogen-bond donors (Lipinski definition) is 1. The summed E-state index contributed by atoms with van der Waals surface area (Å²) in [6, 6.07) is 26.7. The van der Waals surface area contributed by atoms with Crippen molar-refractivity contribution in [1.82, 2.24) is 15.1 Å². The molecule has 0 unspecified atom stereocenters. The van der Waals surface area contributed by atoms with Gasteiger partial charge < -0.3 is 5.32 Å². The molecular formula is C24H20N4O3. The lowest BCUT2D eigenvalue weighted by molar-refractivity contribution is -0.384. The minimum atomic E-state index is -0.461. The SMILES string of the molecule is C[C@H](NC(=O)c1cc(-c2ccccc2)nn1-c1ccc([N+](=O)[O-])cc1)c1ccccc1. The van der Waals surface area contributed by atoms with Crippen LogP contribution in [0.25, 0.3) is 16.9 Å². The molecule has 0 spiro atoms. The van der Waals surface area contributed by atoms with Gasteiger partial charge in [0.1, 0.15) is 5.69 Å². The van der Waals surface area contributed by atoms with Crippen molar-refractivity contribution in [2.24, 2.45) is 0 Å². The molecule has 4 aromatic rings. The van der Waals surface area contributed by atoms with Gasteiger partial charge in [-0.05, 0) is 30.7 Å². The average molecular weight is 412 g/mol. The van der Waals surface area contributed by atoms with Crippen LogP contribution in [0.1, 0.15) is 29.0 Å². The van der Waals surface area contributed by atoms with Crippen molar-refractivity contribution in [2.75, 3.05) is 0 Å². The Labute approximate surface area is 179 Å². The number of carbonyl (C=O) groups is 1. The predicted octanol–water partition coefficient (Wildman–Crippen LogP) is 4.94. The molecule has 0 saturated carbocycles. The van der Waals surface area contributed by atoms with Gasteiger partial charge in [0.25, 0.3) is 11.6 Å². The Kier molecular flexibility index (Phi) is 5.57. The maximum Gasteiger partial charge on any atom is 0.270 e. The minimum Gasteiger partial charge on any atom is -0.344 e. The zero-order chi connectivity index (χ0) is 21.8. The lowest BCUT2D eigenvalue weighted by Gasteiger charge is -2.15. The molecule has 0 aliphatic rings. The summed E-state index contributed by atoms with van der Waals surface area (Å²) in [5.74, 6) is -0.288. The number of benzene rings is 3. The third kappa shape index (κ3) is 4.35. The molecule has 1 aromatic heterocycles. The van der Waals surface area contributed by atoms with Crippen molar-refractivity contribution >= 4 is 11.6 Å². The van der Waals surface area contributed by atoms with Gasteiger partial charge in [0.05, 0.1) is 22.3 Å². The first-order valence-electron chi connectivity index (χ1n) is 9.79. The molecule has 7 heteroatoms. The number of hydrogen-bond acceptors (Lipinski definition) is 4. The number of aromatic nitrogens is 2. The van der Waals surface area contributed by atoms with Crippen LogP contribution in [0.15, 0.2) is 91.0 Å². The molecule has 1 amide bonds. The number of carbonyl (C=O) groups excluding carboxylic acids is 1. The molecule has 7 nitrogen and oxygen atoms in total. The smallest absolute Gasteiger partial charge is 0.270 e. The molecule has 0 bridgehead atoms. The van der Waals surface area contributed by atoms with Crippen molar-refractivity contribution < 1.29 is 9.72 Å². The van der Waals surface area contributed by atoms with E-state index in [-0.39, 0.29) is 17.6 Å². The van der Waals surface area contributed by atoms with Crippen molar-refractivity contribution in [2.45, 2.75) is 13.0 Å². The van der Waals surface area contributed by atoms with Crippen LogP contribution in [0, 0.1) is 10.1 Å². The largest absolute Gasteiger partial charge is 0.344 e. The first-order valence-corrected chi connectivity index (χ1v) is 9.79. The van der Waals surface area contributed by atoms with Gasteiger partial charge in [-0.3, -0.25) is 14.9 Å². The molecule has 31 heavy (non-hydrogen) atoms. The van der Waals surface area contributed by atoms with Gasteiger partial charge in [-0.15, -0.1) is 0 Å². The van der Waals surface area contributed by atoms with E-state index in [1.807, 2.05) is 67.6 Å². The Morgan fingerprint density at radius 1 is 0.968 bits per heavy atom. The molecule has 0 fully saturated rings. The van der Waals surface area contributed by atoms with Crippen molar-refractivity contribution in [3.8, 4) is 16.9 Å². The second-order valence-corrected chi connectivity index (χ2v) is 7.07. The second-order valence-electron chi connectivity index (χ2n) is 7.07. The molecule has 0 aliphatic carbocycles. The third-order valence-electron chi connectivity index (χ3n) is 4.96. The Morgan fingerprint density at radius 2 is 1.58 bits per heavy atom. The quantitative estimate of drug-likeness (QED) is 0.359. The highest BCUT2D eigenvalue weighted by Gasteiger charge is 2.20. The fraction of sp³-hybridized carbons (Fsp3) is 0.0833. The molecule has 0 radical (unpaired) electrons. The summed E-state index contributed by atoms with van der Waals surface area (Å²) < 4.78 is 1.51. The molecule has 1 atom stereocenters. The highest BCUT2D eigenvalue weighted by atomic mass is 16.6. The first-order chi connectivity index (χ1) is 15.0. The average Bonchev–Trinajstić information content (AvgIpc) is 3.26. The van der Waals surface area contributed by atoms with Gasteiger partial charge in [0.15, 0.2) is 0 Å². The van der Waals surface area contributed by atoms with Crippen LogP contribution >= 0.6 is 0 Å². The summed E-state index contributed by atoms with van der Waals surface area (Å²) in [5.41, 5.74) is 3.37. The van der Waals surface area contributed by atoms with Gasteiger partial charge in [0, 0.05) is 17.7 Å². The number of nitro groups is 1. The molecule has 3 aromatic carbocycles. The topological polar surface area (TPSA) is 90.1 Å². The Morgan fingerprint density at radius 3 is 2.19 bits per heavy atom. The maximum atomic E-state index is 13.2. The summed E-state index contributed by atoms with van der Waals surface area (Å²) in [6.07, 6.45) is 0. The van der Waals surface area contributed by atoms with E-state index in [0.717, 1.165) is 11.1 Å². The number of nitrogens with zero attached hydrogens (tertiary/aromatic N) is 3. The molecule has 0 saturated heterocycles. The van der Waals surface area contributed by atoms with Gasteiger partial charge >= 0.3 is 0 Å². The lowest BCUT2D eigenvalue weighted by atomic mass is 10.1. The summed E-state index contributed by atoms with van der Waals surface area (Å²) in [7, 11) is 0. The normalized spacial score (nSPS) is 11.6. The van der Waals surface area contributed by atoms with Crippen LogP contribution in [0.3, 0.4) is 0 Å². The summed E-state index contributed by atoms with van der Waals surface area (Å²) >= 11 is 0. The molecular weight excluding hydrogens is 392 g/mol. The highest BCUT2D eigenvalue weighted by Crippen LogP contribution is 2.24. The lowest BCUT2D eigenvalue weighted by Crippen LogP contribution is -2.28. The van der Waals surface area contributed by atoms with Crippen LogP contribution in [0.2, 0.25) is 0 Å². The highest BCUT2D eigenvalue weighted by molar-refractivity contribution is 5.94. The van der Waals surface area contributed by atoms with Gasteiger partial charge in [-0.1, -0.05) is 60.7 Å². The number of amides is 1. The van der Waals surface area contributed by atoms with Crippen LogP contribution in [0.4, 0.5) is 5.69 Å². The number of non-ortho nitro benzene ring substituents is 1. The number of nitro benzene ring substituents is 1. The molecule has 1 heterocycles. The van der Waals surface area contributed by atoms with Gasteiger partial charge in [-0.25, -0.2) is 4.68 Å². The summed E-state index contributed by atoms with van der Waals surface area (Å²) in [5, 5.41) is 18.6. The van der Waals surface area contributed by atoms with E-state index >= 15 is 0 Å². The van der Waals surface area contributed by atoms with Crippen molar-refractivity contribution in [1.29, 1.82) is 0 Å². The van der Waals surface area contributed by atoms with E-state index < -0.39 is 4.92 Å². The summed E-state index contributed by atoms with van der Waals surface area (Å²) in [6.45, 7) is 1.91. The monoisotopic (exact) mass is 412 g/mol. The van der Waals surface area contributed by atoms with Gasteiger partial charge in [-0.2, -0.15) is 5.10 Å². The molecule has 1 N–H and O–H groups in total. The fourth-order valence-electron chi connectivity index (χ4n) is 3.30. The van der Waals surface area contributed by atoms with Crippen molar-refractivity contribution in [3.05, 3.63) is 112 Å². The zero-order valence-electron chi connectivity index (χ0n) is 16.8. The Balaban J connectivity index is 1.72. The van der Waals surface area contributed by atoms with Crippen LogP contribution in [-0.2, 0) is 0 Å². The van der Waals surface area contributed by atoms with Crippen LogP contribution in [0.5, 0.6) is 0 Å². The minimum absolute atomic E-state index is 0.0251. The van der Waals surface area contributed by atoms with E-state index in [0.29, 0.717) is 17.1 Å². The van der Waals surface area contributed by atoms with E-state index in [2.05, 4.69) is 10.4 Å². The van der Waals surface area contributed by atoms with E-state index in [4.69, 9.17) is 0 Å². The van der Waals surface area contributed by atoms with E-state index in [9.17, 15) is 14.9 Å². The molecule has 154 valence electrons. The first kappa shape index (κ1) is 20.0. The third-order valence-corrected chi connectivity index (χ3v) is 4.96. The molecule has 4 rings (SSSR count). The van der Waals surface area contributed by atoms with Crippen LogP contribution in [-0.4, -0.2) is 20.6 Å².